The van der Waals surface area contributed by atoms with Crippen LogP contribution in [0.2, 0.25) is 0 Å². The van der Waals surface area contributed by atoms with Crippen molar-refractivity contribution in [2.45, 2.75) is 46.1 Å². The Hall–Kier alpha value is -1.06. The van der Waals surface area contributed by atoms with Crippen LogP contribution in [0.15, 0.2) is 18.2 Å². The Kier molecular flexibility index (Phi) is 7.53. The Labute approximate surface area is 117 Å². The third kappa shape index (κ3) is 5.62. The first kappa shape index (κ1) is 16.0. The molecule has 3 nitrogen and oxygen atoms in total. The van der Waals surface area contributed by atoms with Crippen molar-refractivity contribution in [1.29, 1.82) is 0 Å². The van der Waals surface area contributed by atoms with Crippen LogP contribution in [0.5, 0.6) is 5.75 Å². The third-order valence-corrected chi connectivity index (χ3v) is 3.20. The molecule has 0 fully saturated rings. The van der Waals surface area contributed by atoms with Crippen molar-refractivity contribution < 1.29 is 9.84 Å². The molecular formula is C16H27NO2. The molecule has 1 aromatic rings. The van der Waals surface area contributed by atoms with E-state index < -0.39 is 0 Å². The van der Waals surface area contributed by atoms with Gasteiger partial charge in [0.05, 0.1) is 6.61 Å². The van der Waals surface area contributed by atoms with E-state index >= 15 is 0 Å². The van der Waals surface area contributed by atoms with E-state index in [0.717, 1.165) is 38.2 Å². The predicted molar refractivity (Wildman–Crippen MR) is 79.7 cm³/mol. The highest BCUT2D eigenvalue weighted by Gasteiger charge is 2.11. The third-order valence-electron chi connectivity index (χ3n) is 3.20. The second-order valence-corrected chi connectivity index (χ2v) is 4.95. The van der Waals surface area contributed by atoms with Gasteiger partial charge in [-0.3, -0.25) is 0 Å². The number of hydrogen-bond donors (Lipinski definition) is 2. The fourth-order valence-corrected chi connectivity index (χ4v) is 2.13. The molecule has 1 rings (SSSR count). The van der Waals surface area contributed by atoms with Gasteiger partial charge < -0.3 is 15.2 Å². The lowest BCUT2D eigenvalue weighted by Crippen LogP contribution is -2.18. The molecule has 0 saturated heterocycles. The van der Waals surface area contributed by atoms with E-state index in [4.69, 9.17) is 9.84 Å². The van der Waals surface area contributed by atoms with Crippen LogP contribution in [0.4, 0.5) is 0 Å². The van der Waals surface area contributed by atoms with Crippen LogP contribution in [0.1, 0.15) is 50.3 Å². The molecule has 0 bridgehead atoms. The Morgan fingerprint density at radius 1 is 1.26 bits per heavy atom. The van der Waals surface area contributed by atoms with E-state index in [2.05, 4.69) is 44.3 Å². The van der Waals surface area contributed by atoms with Crippen molar-refractivity contribution >= 4 is 0 Å². The van der Waals surface area contributed by atoms with Gasteiger partial charge in [-0.15, -0.1) is 0 Å². The smallest absolute Gasteiger partial charge is 0.124 e. The highest BCUT2D eigenvalue weighted by Crippen LogP contribution is 2.26. The van der Waals surface area contributed by atoms with E-state index in [1.807, 2.05) is 0 Å². The number of benzene rings is 1. The van der Waals surface area contributed by atoms with Crippen LogP contribution in [0.25, 0.3) is 0 Å². The topological polar surface area (TPSA) is 41.5 Å². The lowest BCUT2D eigenvalue weighted by molar-refractivity contribution is 0.264. The van der Waals surface area contributed by atoms with Gasteiger partial charge in [0.2, 0.25) is 0 Å². The number of nitrogens with one attached hydrogen (secondary N) is 1. The quantitative estimate of drug-likeness (QED) is 0.674. The average molecular weight is 265 g/mol. The van der Waals surface area contributed by atoms with Crippen molar-refractivity contribution in [3.8, 4) is 5.75 Å². The molecule has 108 valence electrons. The molecular weight excluding hydrogens is 238 g/mol. The van der Waals surface area contributed by atoms with Crippen LogP contribution < -0.4 is 10.1 Å². The SMILES string of the molecule is CCNC(C)c1cc(C)ccc1OCCCCCO. The lowest BCUT2D eigenvalue weighted by atomic mass is 10.0. The summed E-state index contributed by atoms with van der Waals surface area (Å²) in [5.41, 5.74) is 2.48. The van der Waals surface area contributed by atoms with Crippen molar-refractivity contribution in [2.75, 3.05) is 19.8 Å². The van der Waals surface area contributed by atoms with Crippen molar-refractivity contribution in [2.24, 2.45) is 0 Å². The maximum atomic E-state index is 8.74. The zero-order chi connectivity index (χ0) is 14.1. The highest BCUT2D eigenvalue weighted by molar-refractivity contribution is 5.38. The number of unbranched alkanes of at least 4 members (excludes halogenated alkanes) is 2. The second-order valence-electron chi connectivity index (χ2n) is 4.95. The second kappa shape index (κ2) is 8.94. The van der Waals surface area contributed by atoms with Crippen LogP contribution in [-0.4, -0.2) is 24.9 Å². The molecule has 1 unspecified atom stereocenters. The number of aliphatic hydroxyl groups is 1. The van der Waals surface area contributed by atoms with Crippen LogP contribution in [0, 0.1) is 6.92 Å². The van der Waals surface area contributed by atoms with Gasteiger partial charge in [0.1, 0.15) is 5.75 Å². The van der Waals surface area contributed by atoms with Gasteiger partial charge in [-0.2, -0.15) is 0 Å². The Balaban J connectivity index is 2.60. The molecule has 3 heteroatoms. The summed E-state index contributed by atoms with van der Waals surface area (Å²) in [4.78, 5) is 0. The molecule has 0 heterocycles. The molecule has 0 spiro atoms. The molecule has 2 N–H and O–H groups in total. The summed E-state index contributed by atoms with van der Waals surface area (Å²) < 4.78 is 5.88. The van der Waals surface area contributed by atoms with E-state index in [-0.39, 0.29) is 6.61 Å². The fourth-order valence-electron chi connectivity index (χ4n) is 2.13. The number of aryl methyl sites for hydroxylation is 1. The molecule has 1 aromatic carbocycles. The standard InChI is InChI=1S/C16H27NO2/c1-4-17-14(3)15-12-13(2)8-9-16(15)19-11-7-5-6-10-18/h8-9,12,14,17-18H,4-7,10-11H2,1-3H3. The van der Waals surface area contributed by atoms with Crippen LogP contribution in [-0.2, 0) is 0 Å². The molecule has 0 aliphatic rings. The van der Waals surface area contributed by atoms with Gasteiger partial charge >= 0.3 is 0 Å². The summed E-state index contributed by atoms with van der Waals surface area (Å²) in [6.45, 7) is 8.32. The number of aliphatic hydroxyl groups excluding tert-OH is 1. The van der Waals surface area contributed by atoms with E-state index in [1.165, 1.54) is 11.1 Å². The summed E-state index contributed by atoms with van der Waals surface area (Å²) in [6, 6.07) is 6.64. The highest BCUT2D eigenvalue weighted by atomic mass is 16.5. The van der Waals surface area contributed by atoms with Crippen LogP contribution >= 0.6 is 0 Å². The van der Waals surface area contributed by atoms with Gasteiger partial charge in [-0.1, -0.05) is 24.6 Å². The fraction of sp³-hybridized carbons (Fsp3) is 0.625. The van der Waals surface area contributed by atoms with Crippen LogP contribution in [0.3, 0.4) is 0 Å². The largest absolute Gasteiger partial charge is 0.493 e. The Morgan fingerprint density at radius 3 is 2.74 bits per heavy atom. The minimum atomic E-state index is 0.271. The summed E-state index contributed by atoms with van der Waals surface area (Å²) in [5, 5.41) is 12.2. The van der Waals surface area contributed by atoms with Gasteiger partial charge in [0.25, 0.3) is 0 Å². The molecule has 0 aromatic heterocycles. The monoisotopic (exact) mass is 265 g/mol. The average Bonchev–Trinajstić information content (AvgIpc) is 2.40. The molecule has 0 aliphatic heterocycles. The molecule has 0 aliphatic carbocycles. The minimum absolute atomic E-state index is 0.271. The molecule has 0 radical (unpaired) electrons. The first-order chi connectivity index (χ1) is 9.19. The van der Waals surface area contributed by atoms with Crippen molar-refractivity contribution in [3.05, 3.63) is 29.3 Å². The summed E-state index contributed by atoms with van der Waals surface area (Å²) >= 11 is 0. The molecule has 1 atom stereocenters. The molecule has 0 amide bonds. The summed E-state index contributed by atoms with van der Waals surface area (Å²) in [6.07, 6.45) is 2.86. The van der Waals surface area contributed by atoms with Gasteiger partial charge in [-0.25, -0.2) is 0 Å². The van der Waals surface area contributed by atoms with E-state index in [9.17, 15) is 0 Å². The number of hydrogen-bond acceptors (Lipinski definition) is 3. The van der Waals surface area contributed by atoms with Gasteiger partial charge in [0, 0.05) is 18.2 Å². The maximum absolute atomic E-state index is 8.74. The lowest BCUT2D eigenvalue weighted by Gasteiger charge is -2.18. The maximum Gasteiger partial charge on any atom is 0.124 e. The normalized spacial score (nSPS) is 12.4. The van der Waals surface area contributed by atoms with Gasteiger partial charge in [-0.05, 0) is 45.7 Å². The van der Waals surface area contributed by atoms with Crippen molar-refractivity contribution in [1.82, 2.24) is 5.32 Å². The predicted octanol–water partition coefficient (Wildman–Crippen LogP) is 3.21. The van der Waals surface area contributed by atoms with E-state index in [0.29, 0.717) is 6.04 Å². The van der Waals surface area contributed by atoms with Gasteiger partial charge in [0.15, 0.2) is 0 Å². The first-order valence-corrected chi connectivity index (χ1v) is 7.26. The van der Waals surface area contributed by atoms with Crippen molar-refractivity contribution in [3.63, 3.8) is 0 Å². The first-order valence-electron chi connectivity index (χ1n) is 7.26. The number of ether oxygens (including phenoxy) is 1. The zero-order valence-corrected chi connectivity index (χ0v) is 12.4. The Bertz CT molecular complexity index is 366. The zero-order valence-electron chi connectivity index (χ0n) is 12.4. The number of rotatable bonds is 9. The van der Waals surface area contributed by atoms with E-state index in [1.54, 1.807) is 0 Å². The molecule has 0 saturated carbocycles. The molecule has 19 heavy (non-hydrogen) atoms. The Morgan fingerprint density at radius 2 is 2.05 bits per heavy atom. The summed E-state index contributed by atoms with van der Waals surface area (Å²) in [5.74, 6) is 0.975. The minimum Gasteiger partial charge on any atom is -0.493 e. The summed E-state index contributed by atoms with van der Waals surface area (Å²) in [7, 11) is 0.